The van der Waals surface area contributed by atoms with Crippen LogP contribution in [0.25, 0.3) is 22.8 Å². The first-order valence-corrected chi connectivity index (χ1v) is 9.94. The number of fused-ring (bicyclic) bond motifs is 2. The summed E-state index contributed by atoms with van der Waals surface area (Å²) in [5.41, 5.74) is 9.30. The van der Waals surface area contributed by atoms with Crippen molar-refractivity contribution in [1.29, 1.82) is 0 Å². The van der Waals surface area contributed by atoms with Crippen LogP contribution >= 0.6 is 0 Å². The van der Waals surface area contributed by atoms with E-state index in [-0.39, 0.29) is 50.7 Å². The fraction of sp³-hybridized carbons (Fsp3) is 0.143. The molecule has 0 fully saturated rings. The zero-order valence-corrected chi connectivity index (χ0v) is 23.0. The molecule has 0 nitrogen and oxygen atoms in total. The molecule has 0 spiro atoms. The van der Waals surface area contributed by atoms with Crippen molar-refractivity contribution in [2.75, 3.05) is 0 Å². The quantitative estimate of drug-likeness (QED) is 0.210. The van der Waals surface area contributed by atoms with E-state index in [1.165, 1.54) is 59.8 Å². The summed E-state index contributed by atoms with van der Waals surface area (Å²) in [7, 11) is 0. The summed E-state index contributed by atoms with van der Waals surface area (Å²) in [5, 5.41) is 5.14. The van der Waals surface area contributed by atoms with Gasteiger partial charge in [-0.2, -0.15) is 0 Å². The van der Waals surface area contributed by atoms with E-state index in [0.29, 0.717) is 0 Å². The fourth-order valence-electron chi connectivity index (χ4n) is 4.39. The third kappa shape index (κ3) is 4.46. The Morgan fingerprint density at radius 3 is 2.26 bits per heavy atom. The molecule has 0 amide bonds. The molecule has 31 heavy (non-hydrogen) atoms. The van der Waals surface area contributed by atoms with Crippen molar-refractivity contribution in [3.63, 3.8) is 0 Å². The second kappa shape index (κ2) is 10.3. The van der Waals surface area contributed by atoms with Gasteiger partial charge in [-0.3, -0.25) is 0 Å². The number of hydrogen-bond donors (Lipinski definition) is 0. The smallest absolute Gasteiger partial charge is 0 e. The molecule has 0 heterocycles. The van der Waals surface area contributed by atoms with Crippen LogP contribution in [-0.4, -0.2) is 0 Å². The van der Waals surface area contributed by atoms with Crippen molar-refractivity contribution in [1.82, 2.24) is 0 Å². The van der Waals surface area contributed by atoms with E-state index in [0.717, 1.165) is 6.42 Å². The van der Waals surface area contributed by atoms with Crippen LogP contribution in [0.3, 0.4) is 0 Å². The van der Waals surface area contributed by atoms with Gasteiger partial charge in [-0.25, -0.2) is 0 Å². The van der Waals surface area contributed by atoms with E-state index in [2.05, 4.69) is 99.7 Å². The van der Waals surface area contributed by atoms with E-state index in [9.17, 15) is 0 Å². The zero-order chi connectivity index (χ0) is 19.3. The maximum Gasteiger partial charge on any atom is 0 e. The predicted octanol–water partition coefficient (Wildman–Crippen LogP) is -0.632. The molecule has 3 aromatic rings. The molecule has 3 aromatic carbocycles. The van der Waals surface area contributed by atoms with E-state index in [4.69, 9.17) is 0 Å². The summed E-state index contributed by atoms with van der Waals surface area (Å²) in [6.45, 7) is 6.56. The minimum Gasteiger partial charge on any atom is -1.00 e. The minimum atomic E-state index is 0. The average Bonchev–Trinajstić information content (AvgIpc) is 3.32. The average molecular weight is 609 g/mol. The second-order valence-electron chi connectivity index (χ2n) is 7.95. The van der Waals surface area contributed by atoms with E-state index in [1.807, 2.05) is 0 Å². The van der Waals surface area contributed by atoms with Crippen molar-refractivity contribution in [3.8, 4) is 0 Å². The molecule has 2 aliphatic carbocycles. The van der Waals surface area contributed by atoms with Gasteiger partial charge in [-0.05, 0) is 38.3 Å². The zero-order valence-electron chi connectivity index (χ0n) is 17.9. The third-order valence-electron chi connectivity index (χ3n) is 5.82. The van der Waals surface area contributed by atoms with E-state index in [1.54, 1.807) is 0 Å². The molecule has 156 valence electrons. The van der Waals surface area contributed by atoms with Gasteiger partial charge in [0.1, 0.15) is 0 Å². The molecule has 0 unspecified atom stereocenters. The minimum absolute atomic E-state index is 0. The van der Waals surface area contributed by atoms with Gasteiger partial charge in [0.2, 0.25) is 0 Å². The van der Waals surface area contributed by atoms with E-state index < -0.39 is 0 Å². The molecular weight excluding hydrogens is 586 g/mol. The van der Waals surface area contributed by atoms with Crippen molar-refractivity contribution >= 4 is 22.8 Å². The Balaban J connectivity index is 0.00000114. The summed E-state index contributed by atoms with van der Waals surface area (Å²) < 4.78 is 0. The maximum atomic E-state index is 3.72. The first-order valence-electron chi connectivity index (χ1n) is 9.94. The topological polar surface area (TPSA) is 0 Å². The number of rotatable bonds is 2. The summed E-state index contributed by atoms with van der Waals surface area (Å²) in [6, 6.07) is 22.1. The van der Waals surface area contributed by atoms with Crippen LogP contribution in [0.15, 0.2) is 72.8 Å². The molecule has 5 rings (SSSR count). The number of aryl methyl sites for hydroxylation is 1. The van der Waals surface area contributed by atoms with E-state index >= 15 is 0 Å². The van der Waals surface area contributed by atoms with Crippen LogP contribution < -0.4 is 35.3 Å². The molecule has 3 heteroatoms. The largest absolute Gasteiger partial charge is 1.00 e. The molecule has 0 saturated heterocycles. The molecule has 2 aliphatic rings. The summed E-state index contributed by atoms with van der Waals surface area (Å²) in [6.07, 6.45) is 9.28. The standard InChI is InChI=1S/C28H23.2ClH.Hf/c1-18(2)22-15-16-25-24-8-5-4-7-21(24)17-27(25)28(22)26-10-6-9-23(26)20-13-11-19(3)12-14-20;;;/h4-9,11-16H,10H2,1-3H3;2*1H;/q-1;;;/p-2. The van der Waals surface area contributed by atoms with Crippen LogP contribution in [0, 0.1) is 17.4 Å². The summed E-state index contributed by atoms with van der Waals surface area (Å²) >= 11 is 0. The van der Waals surface area contributed by atoms with Crippen LogP contribution in [0.2, 0.25) is 0 Å². The number of allylic oxidation sites excluding steroid dienone is 4. The predicted molar refractivity (Wildman–Crippen MR) is 119 cm³/mol. The number of benzene rings is 3. The number of hydrogen-bond acceptors (Lipinski definition) is 0. The monoisotopic (exact) mass is 609 g/mol. The number of halogens is 2. The van der Waals surface area contributed by atoms with Crippen molar-refractivity contribution < 1.29 is 50.7 Å². The Morgan fingerprint density at radius 1 is 0.839 bits per heavy atom. The van der Waals surface area contributed by atoms with Crippen LogP contribution in [0.4, 0.5) is 0 Å². The van der Waals surface area contributed by atoms with Crippen LogP contribution in [0.5, 0.6) is 0 Å². The van der Waals surface area contributed by atoms with Crippen molar-refractivity contribution in [2.45, 2.75) is 27.2 Å². The Bertz CT molecular complexity index is 1390. The van der Waals surface area contributed by atoms with Gasteiger partial charge in [0.05, 0.1) is 0 Å². The molecule has 0 radical (unpaired) electrons. The van der Waals surface area contributed by atoms with Crippen molar-refractivity contribution in [3.05, 3.63) is 116 Å². The fourth-order valence-corrected chi connectivity index (χ4v) is 4.39. The van der Waals surface area contributed by atoms with Crippen LogP contribution in [0.1, 0.15) is 42.5 Å². The molecule has 0 aliphatic heterocycles. The normalized spacial score (nSPS) is 12.7. The summed E-state index contributed by atoms with van der Waals surface area (Å²) in [4.78, 5) is 0. The first kappa shape index (κ1) is 25.6. The molecule has 0 bridgehead atoms. The molecule has 0 aromatic heterocycles. The second-order valence-corrected chi connectivity index (χ2v) is 7.95. The van der Waals surface area contributed by atoms with Gasteiger partial charge in [0.15, 0.2) is 0 Å². The maximum absolute atomic E-state index is 3.72. The Morgan fingerprint density at radius 2 is 1.55 bits per heavy atom. The van der Waals surface area contributed by atoms with Gasteiger partial charge in [-0.15, -0.1) is 33.4 Å². The third-order valence-corrected chi connectivity index (χ3v) is 5.82. The van der Waals surface area contributed by atoms with Crippen LogP contribution in [-0.2, 0) is 25.8 Å². The van der Waals surface area contributed by atoms with Gasteiger partial charge in [0.25, 0.3) is 0 Å². The Hall–Kier alpha value is -1.67. The SMILES string of the molecule is CC(C)=c1ccc2c(c1C1=C(c3ccc(C)cc3)C=CC1)[C-]=c1ccccc1=2.[Cl-].[Cl-].[Hf]. The molecule has 0 saturated carbocycles. The van der Waals surface area contributed by atoms with Gasteiger partial charge >= 0.3 is 0 Å². The summed E-state index contributed by atoms with van der Waals surface area (Å²) in [5.74, 6) is 0. The van der Waals surface area contributed by atoms with Gasteiger partial charge in [0, 0.05) is 25.8 Å². The molecular formula is C28H23Cl2Hf-3. The first-order chi connectivity index (χ1) is 13.6. The molecule has 0 N–H and O–H groups in total. The van der Waals surface area contributed by atoms with Gasteiger partial charge < -0.3 is 24.8 Å². The Labute approximate surface area is 215 Å². The van der Waals surface area contributed by atoms with Crippen molar-refractivity contribution in [2.24, 2.45) is 0 Å². The Kier molecular flexibility index (Phi) is 8.50. The molecule has 0 atom stereocenters. The van der Waals surface area contributed by atoms with Gasteiger partial charge in [-0.1, -0.05) is 94.2 Å².